The van der Waals surface area contributed by atoms with Crippen LogP contribution in [0.5, 0.6) is 0 Å². The van der Waals surface area contributed by atoms with Gasteiger partial charge in [0.05, 0.1) is 22.1 Å². The van der Waals surface area contributed by atoms with Crippen LogP contribution in [0.25, 0.3) is 109 Å². The van der Waals surface area contributed by atoms with Crippen molar-refractivity contribution in [2.24, 2.45) is 0 Å². The van der Waals surface area contributed by atoms with Crippen molar-refractivity contribution in [3.05, 3.63) is 206 Å². The molecule has 0 N–H and O–H groups in total. The van der Waals surface area contributed by atoms with Crippen molar-refractivity contribution in [3.63, 3.8) is 0 Å². The van der Waals surface area contributed by atoms with Crippen LogP contribution in [0.15, 0.2) is 206 Å². The Morgan fingerprint density at radius 1 is 0.246 bits per heavy atom. The number of thiophene rings is 1. The summed E-state index contributed by atoms with van der Waals surface area (Å²) in [5, 5.41) is 7.66. The fourth-order valence-electron chi connectivity index (χ4n) is 9.01. The standard InChI is InChI=1S/C54H34N2S/c1-3-12-35(13-4-1)37-22-26-41(27-23-37)55-49-20-9-7-18-43(49)45-31-39(24-28-50(45)55)40-25-29-51-46(32-40)47-34-54-48(44-19-8-10-21-53(44)57-54)33-52(47)56(51)42-17-11-16-38(30-42)36-14-5-2-6-15-36/h1-34H. The summed E-state index contributed by atoms with van der Waals surface area (Å²) in [6.07, 6.45) is 0. The number of aromatic nitrogens is 2. The predicted molar refractivity (Wildman–Crippen MR) is 244 cm³/mol. The van der Waals surface area contributed by atoms with E-state index < -0.39 is 0 Å². The van der Waals surface area contributed by atoms with Gasteiger partial charge in [-0.15, -0.1) is 11.3 Å². The maximum Gasteiger partial charge on any atom is 0.0548 e. The lowest BCUT2D eigenvalue weighted by Gasteiger charge is -2.11. The van der Waals surface area contributed by atoms with Crippen molar-refractivity contribution < 1.29 is 0 Å². The van der Waals surface area contributed by atoms with Gasteiger partial charge >= 0.3 is 0 Å². The van der Waals surface area contributed by atoms with Crippen LogP contribution in [-0.4, -0.2) is 9.13 Å². The van der Waals surface area contributed by atoms with Gasteiger partial charge in [-0.2, -0.15) is 0 Å². The normalized spacial score (nSPS) is 11.9. The van der Waals surface area contributed by atoms with Crippen LogP contribution in [0, 0.1) is 0 Å². The fourth-order valence-corrected chi connectivity index (χ4v) is 10.1. The molecule has 2 nitrogen and oxygen atoms in total. The average molecular weight is 743 g/mol. The molecule has 0 amide bonds. The number of benzene rings is 9. The summed E-state index contributed by atoms with van der Waals surface area (Å²) < 4.78 is 7.51. The molecule has 0 aliphatic heterocycles. The van der Waals surface area contributed by atoms with Gasteiger partial charge in [-0.05, 0) is 106 Å². The Morgan fingerprint density at radius 3 is 1.49 bits per heavy atom. The zero-order chi connectivity index (χ0) is 37.5. The minimum atomic E-state index is 1.16. The molecule has 12 rings (SSSR count). The molecule has 0 bridgehead atoms. The summed E-state index contributed by atoms with van der Waals surface area (Å²) in [4.78, 5) is 0. The molecular weight excluding hydrogens is 709 g/mol. The molecule has 0 aliphatic rings. The monoisotopic (exact) mass is 742 g/mol. The second kappa shape index (κ2) is 12.7. The van der Waals surface area contributed by atoms with Gasteiger partial charge in [0.1, 0.15) is 0 Å². The average Bonchev–Trinajstić information content (AvgIpc) is 3.93. The van der Waals surface area contributed by atoms with Crippen LogP contribution in [-0.2, 0) is 0 Å². The van der Waals surface area contributed by atoms with Crippen molar-refractivity contribution in [3.8, 4) is 44.8 Å². The lowest BCUT2D eigenvalue weighted by molar-refractivity contribution is 1.18. The Labute approximate surface area is 333 Å². The van der Waals surface area contributed by atoms with Crippen LogP contribution in [0.1, 0.15) is 0 Å². The van der Waals surface area contributed by atoms with E-state index in [1.165, 1.54) is 97.2 Å². The van der Waals surface area contributed by atoms with E-state index in [4.69, 9.17) is 0 Å². The second-order valence-corrected chi connectivity index (χ2v) is 16.0. The number of fused-ring (bicyclic) bond motifs is 9. The summed E-state index contributed by atoms with van der Waals surface area (Å²) in [6.45, 7) is 0. The SMILES string of the molecule is c1ccc(-c2ccc(-n3c4ccccc4c4cc(-c5ccc6c(c5)c5cc7sc8ccccc8c7cc5n6-c5cccc(-c6ccccc6)c5)ccc43)cc2)cc1. The van der Waals surface area contributed by atoms with Crippen molar-refractivity contribution in [2.75, 3.05) is 0 Å². The molecule has 266 valence electrons. The van der Waals surface area contributed by atoms with Crippen LogP contribution in [0.2, 0.25) is 0 Å². The summed E-state index contributed by atoms with van der Waals surface area (Å²) in [6, 6.07) is 75.7. The van der Waals surface area contributed by atoms with Crippen LogP contribution in [0.3, 0.4) is 0 Å². The predicted octanol–water partition coefficient (Wildman–Crippen LogP) is 15.2. The van der Waals surface area contributed by atoms with E-state index in [0.29, 0.717) is 0 Å². The maximum absolute atomic E-state index is 2.46. The van der Waals surface area contributed by atoms with Crippen LogP contribution < -0.4 is 0 Å². The van der Waals surface area contributed by atoms with Crippen LogP contribution >= 0.6 is 11.3 Å². The zero-order valence-electron chi connectivity index (χ0n) is 30.9. The Kier molecular flexibility index (Phi) is 7.13. The number of para-hydroxylation sites is 1. The van der Waals surface area contributed by atoms with E-state index in [0.717, 1.165) is 11.4 Å². The summed E-state index contributed by atoms with van der Waals surface area (Å²) in [5.41, 5.74) is 14.5. The van der Waals surface area contributed by atoms with Gasteiger partial charge in [0.2, 0.25) is 0 Å². The molecule has 57 heavy (non-hydrogen) atoms. The van der Waals surface area contributed by atoms with E-state index >= 15 is 0 Å². The quantitative estimate of drug-likeness (QED) is 0.166. The minimum Gasteiger partial charge on any atom is -0.309 e. The fraction of sp³-hybridized carbons (Fsp3) is 0. The Balaban J connectivity index is 1.04. The third kappa shape index (κ3) is 5.10. The Hall–Kier alpha value is -7.20. The van der Waals surface area contributed by atoms with Crippen molar-refractivity contribution >= 4 is 75.1 Å². The molecule has 3 aromatic heterocycles. The Bertz CT molecular complexity index is 3490. The highest BCUT2D eigenvalue weighted by Gasteiger charge is 2.18. The van der Waals surface area contributed by atoms with Gasteiger partial charge in [0, 0.05) is 53.1 Å². The van der Waals surface area contributed by atoms with Gasteiger partial charge in [0.15, 0.2) is 0 Å². The maximum atomic E-state index is 2.46. The first kappa shape index (κ1) is 32.1. The molecule has 3 heterocycles. The highest BCUT2D eigenvalue weighted by Crippen LogP contribution is 2.43. The van der Waals surface area contributed by atoms with E-state index in [9.17, 15) is 0 Å². The molecule has 3 heteroatoms. The van der Waals surface area contributed by atoms with E-state index in [1.807, 2.05) is 11.3 Å². The molecule has 0 unspecified atom stereocenters. The number of rotatable bonds is 5. The lowest BCUT2D eigenvalue weighted by atomic mass is 10.0. The number of hydrogen-bond acceptors (Lipinski definition) is 1. The van der Waals surface area contributed by atoms with Gasteiger partial charge in [-0.3, -0.25) is 0 Å². The molecule has 0 aliphatic carbocycles. The molecular formula is C54H34N2S. The van der Waals surface area contributed by atoms with Crippen molar-refractivity contribution in [1.82, 2.24) is 9.13 Å². The van der Waals surface area contributed by atoms with Gasteiger partial charge < -0.3 is 9.13 Å². The van der Waals surface area contributed by atoms with Gasteiger partial charge in [0.25, 0.3) is 0 Å². The Morgan fingerprint density at radius 2 is 0.754 bits per heavy atom. The first-order valence-electron chi connectivity index (χ1n) is 19.5. The summed E-state index contributed by atoms with van der Waals surface area (Å²) >= 11 is 1.88. The zero-order valence-corrected chi connectivity index (χ0v) is 31.7. The number of hydrogen-bond donors (Lipinski definition) is 0. The first-order chi connectivity index (χ1) is 28.2. The third-order valence-electron chi connectivity index (χ3n) is 11.7. The third-order valence-corrected chi connectivity index (χ3v) is 12.8. The second-order valence-electron chi connectivity index (χ2n) is 14.9. The lowest BCUT2D eigenvalue weighted by Crippen LogP contribution is -1.94. The molecule has 0 fully saturated rings. The van der Waals surface area contributed by atoms with E-state index in [1.54, 1.807) is 0 Å². The van der Waals surface area contributed by atoms with Crippen LogP contribution in [0.4, 0.5) is 0 Å². The molecule has 0 saturated carbocycles. The van der Waals surface area contributed by atoms with Gasteiger partial charge in [-0.1, -0.05) is 133 Å². The molecule has 12 aromatic rings. The minimum absolute atomic E-state index is 1.16. The largest absolute Gasteiger partial charge is 0.309 e. The van der Waals surface area contributed by atoms with Crippen molar-refractivity contribution in [1.29, 1.82) is 0 Å². The molecule has 0 atom stereocenters. The number of nitrogens with zero attached hydrogens (tertiary/aromatic N) is 2. The molecule has 0 spiro atoms. The van der Waals surface area contributed by atoms with Gasteiger partial charge in [-0.25, -0.2) is 0 Å². The smallest absolute Gasteiger partial charge is 0.0548 e. The molecule has 9 aromatic carbocycles. The highest BCUT2D eigenvalue weighted by atomic mass is 32.1. The highest BCUT2D eigenvalue weighted by molar-refractivity contribution is 7.25. The van der Waals surface area contributed by atoms with E-state index in [2.05, 4.69) is 215 Å². The molecule has 0 saturated heterocycles. The van der Waals surface area contributed by atoms with E-state index in [-0.39, 0.29) is 0 Å². The first-order valence-corrected chi connectivity index (χ1v) is 20.3. The summed E-state index contributed by atoms with van der Waals surface area (Å²) in [5.74, 6) is 0. The summed E-state index contributed by atoms with van der Waals surface area (Å²) in [7, 11) is 0. The van der Waals surface area contributed by atoms with Crippen molar-refractivity contribution in [2.45, 2.75) is 0 Å². The topological polar surface area (TPSA) is 9.86 Å². The molecule has 0 radical (unpaired) electrons.